The Morgan fingerprint density at radius 1 is 0.967 bits per heavy atom. The molecule has 0 spiro atoms. The molecule has 1 aliphatic heterocycles. The van der Waals surface area contributed by atoms with Crippen LogP contribution in [0.4, 0.5) is 0 Å². The zero-order valence-electron chi connectivity index (χ0n) is 16.7. The molecular weight excluding hydrogens is 378 g/mol. The van der Waals surface area contributed by atoms with Crippen LogP contribution >= 0.6 is 0 Å². The van der Waals surface area contributed by atoms with Gasteiger partial charge in [-0.3, -0.25) is 14.4 Å². The van der Waals surface area contributed by atoms with E-state index in [4.69, 9.17) is 0 Å². The minimum atomic E-state index is -1.32. The number of ketones is 1. The largest absolute Gasteiger partial charge is 0.351 e. The second kappa shape index (κ2) is 7.99. The third-order valence-electron chi connectivity index (χ3n) is 5.44. The molecule has 0 radical (unpaired) electrons. The van der Waals surface area contributed by atoms with E-state index in [0.717, 1.165) is 16.8 Å². The van der Waals surface area contributed by atoms with Crippen molar-refractivity contribution in [1.29, 1.82) is 0 Å². The summed E-state index contributed by atoms with van der Waals surface area (Å²) in [4.78, 5) is 38.0. The van der Waals surface area contributed by atoms with Crippen molar-refractivity contribution in [3.63, 3.8) is 0 Å². The number of aromatic nitrogens is 1. The lowest BCUT2D eigenvalue weighted by Gasteiger charge is -2.22. The van der Waals surface area contributed by atoms with Crippen LogP contribution in [-0.2, 0) is 27.3 Å². The molecule has 6 heteroatoms. The molecule has 30 heavy (non-hydrogen) atoms. The smallest absolute Gasteiger partial charge is 0.241 e. The SMILES string of the molecule is CC1(Cc2ccccc2)NC(=O)C(C(=O)NCc2ccc(-n3cccc3)cc2)C1=O. The number of Topliss-reactive ketones (excluding diaryl/α,β-unsaturated/α-hetero) is 1. The summed E-state index contributed by atoms with van der Waals surface area (Å²) in [6, 6.07) is 21.1. The van der Waals surface area contributed by atoms with Crippen LogP contribution in [0.1, 0.15) is 18.1 Å². The summed E-state index contributed by atoms with van der Waals surface area (Å²) in [7, 11) is 0. The van der Waals surface area contributed by atoms with Crippen molar-refractivity contribution in [3.05, 3.63) is 90.3 Å². The standard InChI is InChI=1S/C24H23N3O3/c1-24(15-17-7-3-2-4-8-17)21(28)20(23(30)26-24)22(29)25-16-18-9-11-19(12-10-18)27-13-5-6-14-27/h2-14,20H,15-16H2,1H3,(H,25,29)(H,26,30). The minimum Gasteiger partial charge on any atom is -0.351 e. The maximum atomic E-state index is 12.9. The van der Waals surface area contributed by atoms with E-state index in [1.807, 2.05) is 83.7 Å². The second-order valence-electron chi connectivity index (χ2n) is 7.76. The first-order valence-corrected chi connectivity index (χ1v) is 9.86. The Bertz CT molecular complexity index is 1060. The van der Waals surface area contributed by atoms with Gasteiger partial charge >= 0.3 is 0 Å². The predicted octanol–water partition coefficient (Wildman–Crippen LogP) is 2.41. The van der Waals surface area contributed by atoms with Crippen LogP contribution in [0.15, 0.2) is 79.1 Å². The van der Waals surface area contributed by atoms with Crippen molar-refractivity contribution in [1.82, 2.24) is 15.2 Å². The third kappa shape index (κ3) is 3.89. The summed E-state index contributed by atoms with van der Waals surface area (Å²) in [5.74, 6) is -2.82. The number of benzene rings is 2. The normalized spacial score (nSPS) is 20.8. The molecule has 1 aliphatic rings. The Balaban J connectivity index is 1.39. The third-order valence-corrected chi connectivity index (χ3v) is 5.44. The Labute approximate surface area is 174 Å². The first-order chi connectivity index (χ1) is 14.5. The van der Waals surface area contributed by atoms with Gasteiger partial charge in [-0.1, -0.05) is 42.5 Å². The van der Waals surface area contributed by atoms with Gasteiger partial charge < -0.3 is 15.2 Å². The van der Waals surface area contributed by atoms with E-state index in [1.54, 1.807) is 6.92 Å². The van der Waals surface area contributed by atoms with Crippen LogP contribution in [0.3, 0.4) is 0 Å². The first-order valence-electron chi connectivity index (χ1n) is 9.86. The van der Waals surface area contributed by atoms with E-state index in [1.165, 1.54) is 0 Å². The minimum absolute atomic E-state index is 0.247. The zero-order chi connectivity index (χ0) is 21.1. The molecule has 6 nitrogen and oxygen atoms in total. The highest BCUT2D eigenvalue weighted by Gasteiger charge is 2.52. The molecule has 152 valence electrons. The summed E-state index contributed by atoms with van der Waals surface area (Å²) in [6.45, 7) is 1.92. The average Bonchev–Trinajstić information content (AvgIpc) is 3.35. The van der Waals surface area contributed by atoms with Gasteiger partial charge in [0.2, 0.25) is 11.8 Å². The molecule has 2 amide bonds. The van der Waals surface area contributed by atoms with Crippen molar-refractivity contribution in [2.45, 2.75) is 25.4 Å². The zero-order valence-corrected chi connectivity index (χ0v) is 16.7. The van der Waals surface area contributed by atoms with E-state index in [-0.39, 0.29) is 6.54 Å². The van der Waals surface area contributed by atoms with E-state index >= 15 is 0 Å². The Morgan fingerprint density at radius 2 is 1.63 bits per heavy atom. The van der Waals surface area contributed by atoms with Crippen LogP contribution in [0.2, 0.25) is 0 Å². The Morgan fingerprint density at radius 3 is 2.30 bits per heavy atom. The fraction of sp³-hybridized carbons (Fsp3) is 0.208. The lowest BCUT2D eigenvalue weighted by atomic mass is 9.86. The molecule has 2 N–H and O–H groups in total. The molecule has 1 saturated heterocycles. The summed E-state index contributed by atoms with van der Waals surface area (Å²) in [5.41, 5.74) is 1.74. The number of rotatable bonds is 6. The van der Waals surface area contributed by atoms with Gasteiger partial charge in [-0.25, -0.2) is 0 Å². The van der Waals surface area contributed by atoms with Gasteiger partial charge in [0.1, 0.15) is 5.54 Å². The van der Waals surface area contributed by atoms with E-state index in [0.29, 0.717) is 6.42 Å². The summed E-state index contributed by atoms with van der Waals surface area (Å²) in [5, 5.41) is 5.46. The molecule has 0 bridgehead atoms. The van der Waals surface area contributed by atoms with Crippen LogP contribution in [0.25, 0.3) is 5.69 Å². The van der Waals surface area contributed by atoms with Crippen molar-refractivity contribution in [3.8, 4) is 5.69 Å². The number of nitrogens with one attached hydrogen (secondary N) is 2. The highest BCUT2D eigenvalue weighted by Crippen LogP contribution is 2.25. The van der Waals surface area contributed by atoms with E-state index in [2.05, 4.69) is 10.6 Å². The van der Waals surface area contributed by atoms with Gasteiger partial charge in [0, 0.05) is 31.0 Å². The maximum absolute atomic E-state index is 12.9. The Kier molecular flexibility index (Phi) is 5.23. The van der Waals surface area contributed by atoms with Crippen LogP contribution < -0.4 is 10.6 Å². The van der Waals surface area contributed by atoms with Gasteiger partial charge in [-0.05, 0) is 42.3 Å². The van der Waals surface area contributed by atoms with Gasteiger partial charge in [0.25, 0.3) is 0 Å². The molecule has 3 aromatic rings. The number of nitrogens with zero attached hydrogens (tertiary/aromatic N) is 1. The van der Waals surface area contributed by atoms with Crippen LogP contribution in [0.5, 0.6) is 0 Å². The molecule has 0 aliphatic carbocycles. The van der Waals surface area contributed by atoms with Gasteiger partial charge in [0.05, 0.1) is 0 Å². The number of hydrogen-bond donors (Lipinski definition) is 2. The topological polar surface area (TPSA) is 80.2 Å². The van der Waals surface area contributed by atoms with Crippen molar-refractivity contribution >= 4 is 17.6 Å². The number of carbonyl (C=O) groups excluding carboxylic acids is 3. The summed E-state index contributed by atoms with van der Waals surface area (Å²) < 4.78 is 1.98. The van der Waals surface area contributed by atoms with Gasteiger partial charge in [-0.15, -0.1) is 0 Å². The molecule has 0 saturated carbocycles. The fourth-order valence-electron chi connectivity index (χ4n) is 3.80. The Hall–Kier alpha value is -3.67. The highest BCUT2D eigenvalue weighted by molar-refractivity contribution is 6.25. The van der Waals surface area contributed by atoms with Crippen molar-refractivity contribution < 1.29 is 14.4 Å². The lowest BCUT2D eigenvalue weighted by molar-refractivity contribution is -0.138. The molecule has 2 unspecified atom stereocenters. The number of carbonyl (C=O) groups is 3. The molecule has 2 aromatic carbocycles. The quantitative estimate of drug-likeness (QED) is 0.623. The average molecular weight is 401 g/mol. The molecule has 1 aromatic heterocycles. The molecule has 2 heterocycles. The second-order valence-corrected chi connectivity index (χ2v) is 7.76. The van der Waals surface area contributed by atoms with Crippen LogP contribution in [-0.4, -0.2) is 27.7 Å². The summed E-state index contributed by atoms with van der Waals surface area (Å²) >= 11 is 0. The highest BCUT2D eigenvalue weighted by atomic mass is 16.2. The van der Waals surface area contributed by atoms with Crippen molar-refractivity contribution in [2.24, 2.45) is 5.92 Å². The fourth-order valence-corrected chi connectivity index (χ4v) is 3.80. The predicted molar refractivity (Wildman–Crippen MR) is 113 cm³/mol. The van der Waals surface area contributed by atoms with Gasteiger partial charge in [-0.2, -0.15) is 0 Å². The monoisotopic (exact) mass is 401 g/mol. The van der Waals surface area contributed by atoms with Gasteiger partial charge in [0.15, 0.2) is 11.7 Å². The summed E-state index contributed by atoms with van der Waals surface area (Å²) in [6.07, 6.45) is 4.25. The molecule has 4 rings (SSSR count). The number of hydrogen-bond acceptors (Lipinski definition) is 3. The number of amides is 2. The lowest BCUT2D eigenvalue weighted by Crippen LogP contribution is -2.46. The molecule has 1 fully saturated rings. The molecular formula is C24H23N3O3. The van der Waals surface area contributed by atoms with E-state index in [9.17, 15) is 14.4 Å². The maximum Gasteiger partial charge on any atom is 0.241 e. The van der Waals surface area contributed by atoms with Crippen molar-refractivity contribution in [2.75, 3.05) is 0 Å². The first kappa shape index (κ1) is 19.6. The van der Waals surface area contributed by atoms with E-state index < -0.39 is 29.1 Å². The van der Waals surface area contributed by atoms with Crippen LogP contribution in [0, 0.1) is 5.92 Å². The molecule has 2 atom stereocenters.